The van der Waals surface area contributed by atoms with Crippen molar-refractivity contribution in [1.82, 2.24) is 10.2 Å². The monoisotopic (exact) mass is 614 g/mol. The van der Waals surface area contributed by atoms with Crippen molar-refractivity contribution in [2.75, 3.05) is 20.8 Å². The predicted molar refractivity (Wildman–Crippen MR) is 167 cm³/mol. The van der Waals surface area contributed by atoms with Crippen LogP contribution in [-0.4, -0.2) is 43.6 Å². The molecule has 1 aliphatic heterocycles. The summed E-state index contributed by atoms with van der Waals surface area (Å²) in [6.45, 7) is 2.66. The first-order valence-electron chi connectivity index (χ1n) is 14.0. The Kier molecular flexibility index (Phi) is 9.35. The Morgan fingerprint density at radius 2 is 1.64 bits per heavy atom. The molecule has 0 saturated carbocycles. The molecule has 226 valence electrons. The van der Waals surface area contributed by atoms with E-state index < -0.39 is 17.8 Å². The number of rotatable bonds is 11. The van der Waals surface area contributed by atoms with Gasteiger partial charge in [-0.05, 0) is 64.2 Å². The summed E-state index contributed by atoms with van der Waals surface area (Å²) in [5, 5.41) is 4.62. The standard InChI is InChI=1S/C34H31ClN2O7/c1-4-14-43-28-13-12-21(17-29(28)41-2)19-37-33(39)26(32(38)36-34(37)40)15-22-16-27(35)31(30(18-22)42-3)44-20-24-10-7-9-23-8-5-6-11-25(23)24/h5-13,15-18H,4,14,19-20H2,1-3H3,(H,36,38,40)/b26-15+. The lowest BCUT2D eigenvalue weighted by molar-refractivity contribution is -0.130. The van der Waals surface area contributed by atoms with Gasteiger partial charge in [-0.15, -0.1) is 0 Å². The molecule has 1 fully saturated rings. The molecule has 1 aliphatic rings. The number of ether oxygens (including phenoxy) is 4. The number of nitrogens with one attached hydrogen (secondary N) is 1. The van der Waals surface area contributed by atoms with Crippen LogP contribution in [0, 0.1) is 0 Å². The van der Waals surface area contributed by atoms with Gasteiger partial charge in [0, 0.05) is 0 Å². The summed E-state index contributed by atoms with van der Waals surface area (Å²) in [4.78, 5) is 39.8. The average Bonchev–Trinajstić information content (AvgIpc) is 3.03. The van der Waals surface area contributed by atoms with Gasteiger partial charge < -0.3 is 18.9 Å². The van der Waals surface area contributed by atoms with Crippen molar-refractivity contribution in [2.24, 2.45) is 0 Å². The molecule has 4 amide bonds. The lowest BCUT2D eigenvalue weighted by Crippen LogP contribution is -2.53. The number of benzene rings is 4. The van der Waals surface area contributed by atoms with Crippen molar-refractivity contribution in [3.63, 3.8) is 0 Å². The summed E-state index contributed by atoms with van der Waals surface area (Å²) in [7, 11) is 2.98. The largest absolute Gasteiger partial charge is 0.493 e. The van der Waals surface area contributed by atoms with Crippen LogP contribution in [-0.2, 0) is 22.7 Å². The maximum Gasteiger partial charge on any atom is 0.331 e. The second kappa shape index (κ2) is 13.5. The second-order valence-electron chi connectivity index (χ2n) is 10.0. The molecule has 9 nitrogen and oxygen atoms in total. The van der Waals surface area contributed by atoms with E-state index in [1.165, 1.54) is 20.3 Å². The minimum absolute atomic E-state index is 0.0925. The highest BCUT2D eigenvalue weighted by molar-refractivity contribution is 6.33. The number of amides is 4. The van der Waals surface area contributed by atoms with E-state index in [2.05, 4.69) is 5.32 Å². The highest BCUT2D eigenvalue weighted by Gasteiger charge is 2.36. The summed E-state index contributed by atoms with van der Waals surface area (Å²) in [6, 6.07) is 21.5. The number of barbiturate groups is 1. The lowest BCUT2D eigenvalue weighted by atomic mass is 10.1. The number of methoxy groups -OCH3 is 2. The SMILES string of the molecule is CCCOc1ccc(CN2C(=O)NC(=O)/C(=C\c3cc(Cl)c(OCc4cccc5ccccc45)c(OC)c3)C2=O)cc1OC. The number of hydrogen-bond acceptors (Lipinski definition) is 7. The second-order valence-corrected chi connectivity index (χ2v) is 10.4. The van der Waals surface area contributed by atoms with Gasteiger partial charge in [-0.25, -0.2) is 4.79 Å². The molecule has 0 unspecified atom stereocenters. The maximum atomic E-state index is 13.4. The number of imide groups is 2. The summed E-state index contributed by atoms with van der Waals surface area (Å²) in [5.74, 6) is 0.0918. The molecule has 0 bridgehead atoms. The van der Waals surface area contributed by atoms with Crippen LogP contribution >= 0.6 is 11.6 Å². The zero-order valence-corrected chi connectivity index (χ0v) is 25.3. The van der Waals surface area contributed by atoms with Gasteiger partial charge in [0.05, 0.1) is 32.4 Å². The van der Waals surface area contributed by atoms with Crippen molar-refractivity contribution in [1.29, 1.82) is 0 Å². The Labute approximate surface area is 259 Å². The molecule has 1 heterocycles. The van der Waals surface area contributed by atoms with E-state index in [1.807, 2.05) is 49.4 Å². The average molecular weight is 615 g/mol. The molecule has 4 aromatic carbocycles. The van der Waals surface area contributed by atoms with Gasteiger partial charge in [-0.1, -0.05) is 67.1 Å². The van der Waals surface area contributed by atoms with Gasteiger partial charge in [-0.3, -0.25) is 19.8 Å². The third-order valence-electron chi connectivity index (χ3n) is 7.03. The van der Waals surface area contributed by atoms with Crippen LogP contribution in [0.4, 0.5) is 4.79 Å². The van der Waals surface area contributed by atoms with Gasteiger partial charge in [0.2, 0.25) is 0 Å². The number of carbonyl (C=O) groups is 3. The maximum absolute atomic E-state index is 13.4. The molecule has 4 aromatic rings. The number of hydrogen-bond donors (Lipinski definition) is 1. The van der Waals surface area contributed by atoms with E-state index >= 15 is 0 Å². The fourth-order valence-electron chi connectivity index (χ4n) is 4.86. The van der Waals surface area contributed by atoms with Crippen molar-refractivity contribution >= 4 is 46.3 Å². The number of urea groups is 1. The first-order chi connectivity index (χ1) is 21.3. The molecular weight excluding hydrogens is 584 g/mol. The summed E-state index contributed by atoms with van der Waals surface area (Å²) in [5.41, 5.74) is 1.76. The summed E-state index contributed by atoms with van der Waals surface area (Å²) in [6.07, 6.45) is 2.19. The van der Waals surface area contributed by atoms with E-state index in [9.17, 15) is 14.4 Å². The number of carbonyl (C=O) groups excluding carboxylic acids is 3. The molecule has 0 spiro atoms. The molecule has 5 rings (SSSR count). The first kappa shape index (κ1) is 30.4. The van der Waals surface area contributed by atoms with Gasteiger partial charge in [-0.2, -0.15) is 0 Å². The topological polar surface area (TPSA) is 103 Å². The summed E-state index contributed by atoms with van der Waals surface area (Å²) >= 11 is 6.61. The highest BCUT2D eigenvalue weighted by Crippen LogP contribution is 2.38. The minimum Gasteiger partial charge on any atom is -0.493 e. The van der Waals surface area contributed by atoms with Crippen LogP contribution in [0.1, 0.15) is 30.0 Å². The molecule has 44 heavy (non-hydrogen) atoms. The highest BCUT2D eigenvalue weighted by atomic mass is 35.5. The first-order valence-corrected chi connectivity index (χ1v) is 14.4. The predicted octanol–water partition coefficient (Wildman–Crippen LogP) is 6.54. The number of nitrogens with zero attached hydrogens (tertiary/aromatic N) is 1. The minimum atomic E-state index is -0.824. The van der Waals surface area contributed by atoms with Crippen molar-refractivity contribution in [3.05, 3.63) is 100 Å². The Morgan fingerprint density at radius 3 is 2.41 bits per heavy atom. The van der Waals surface area contributed by atoms with E-state index in [-0.39, 0.29) is 23.7 Å². The molecule has 0 radical (unpaired) electrons. The molecule has 0 aliphatic carbocycles. The molecule has 1 saturated heterocycles. The van der Waals surface area contributed by atoms with Crippen LogP contribution in [0.2, 0.25) is 5.02 Å². The van der Waals surface area contributed by atoms with Crippen LogP contribution in [0.3, 0.4) is 0 Å². The number of halogens is 1. The fourth-order valence-corrected chi connectivity index (χ4v) is 5.13. The van der Waals surface area contributed by atoms with E-state index in [0.29, 0.717) is 40.7 Å². The van der Waals surface area contributed by atoms with E-state index in [4.69, 9.17) is 30.5 Å². The quantitative estimate of drug-likeness (QED) is 0.151. The Hall–Kier alpha value is -5.02. The smallest absolute Gasteiger partial charge is 0.331 e. The zero-order chi connectivity index (χ0) is 31.2. The Bertz CT molecular complexity index is 1760. The van der Waals surface area contributed by atoms with Crippen molar-refractivity contribution < 1.29 is 33.3 Å². The van der Waals surface area contributed by atoms with Gasteiger partial charge >= 0.3 is 6.03 Å². The molecule has 10 heteroatoms. The summed E-state index contributed by atoms with van der Waals surface area (Å²) < 4.78 is 22.7. The van der Waals surface area contributed by atoms with E-state index in [0.717, 1.165) is 27.7 Å². The van der Waals surface area contributed by atoms with E-state index in [1.54, 1.807) is 30.3 Å². The molecule has 0 atom stereocenters. The van der Waals surface area contributed by atoms with Gasteiger partial charge in [0.15, 0.2) is 23.0 Å². The van der Waals surface area contributed by atoms with Crippen LogP contribution in [0.5, 0.6) is 23.0 Å². The third-order valence-corrected chi connectivity index (χ3v) is 7.31. The Balaban J connectivity index is 1.38. The Morgan fingerprint density at radius 1 is 0.864 bits per heavy atom. The van der Waals surface area contributed by atoms with Crippen molar-refractivity contribution in [3.8, 4) is 23.0 Å². The van der Waals surface area contributed by atoms with Crippen LogP contribution in [0.25, 0.3) is 16.8 Å². The normalized spacial score (nSPS) is 14.1. The zero-order valence-electron chi connectivity index (χ0n) is 24.5. The van der Waals surface area contributed by atoms with Gasteiger partial charge in [0.25, 0.3) is 11.8 Å². The van der Waals surface area contributed by atoms with Gasteiger partial charge in [0.1, 0.15) is 12.2 Å². The van der Waals surface area contributed by atoms with Crippen LogP contribution < -0.4 is 24.3 Å². The molecule has 1 N–H and O–H groups in total. The lowest BCUT2D eigenvalue weighted by Gasteiger charge is -2.26. The third kappa shape index (κ3) is 6.48. The van der Waals surface area contributed by atoms with Crippen LogP contribution in [0.15, 0.2) is 78.4 Å². The fraction of sp³-hybridized carbons (Fsp3) is 0.206. The number of fused-ring (bicyclic) bond motifs is 1. The molecular formula is C34H31ClN2O7. The molecule has 0 aromatic heterocycles. The van der Waals surface area contributed by atoms with Crippen molar-refractivity contribution in [2.45, 2.75) is 26.5 Å².